The van der Waals surface area contributed by atoms with Crippen molar-refractivity contribution in [1.82, 2.24) is 9.55 Å². The Labute approximate surface area is 130 Å². The number of aromatic nitrogens is 2. The maximum absolute atomic E-state index is 9.27. The molecule has 1 aromatic heterocycles. The predicted octanol–water partition coefficient (Wildman–Crippen LogP) is 3.53. The van der Waals surface area contributed by atoms with Crippen LogP contribution in [0.15, 0.2) is 18.2 Å². The maximum Gasteiger partial charge on any atom is 0.111 e. The van der Waals surface area contributed by atoms with Gasteiger partial charge in [0.1, 0.15) is 17.4 Å². The molecule has 21 heavy (non-hydrogen) atoms. The molecule has 0 radical (unpaired) electrons. The minimum absolute atomic E-state index is 0.173. The lowest BCUT2D eigenvalue weighted by molar-refractivity contribution is 0.133. The highest BCUT2D eigenvalue weighted by Crippen LogP contribution is 2.28. The van der Waals surface area contributed by atoms with E-state index in [0.717, 1.165) is 16.9 Å². The van der Waals surface area contributed by atoms with E-state index >= 15 is 0 Å². The summed E-state index contributed by atoms with van der Waals surface area (Å²) in [6, 6.07) is 8.08. The molecule has 0 saturated heterocycles. The van der Waals surface area contributed by atoms with Gasteiger partial charge in [-0.25, -0.2) is 4.98 Å². The van der Waals surface area contributed by atoms with Crippen molar-refractivity contribution in [3.05, 3.63) is 29.6 Å². The highest BCUT2D eigenvalue weighted by atomic mass is 35.5. The third-order valence-electron chi connectivity index (χ3n) is 3.67. The number of alkyl halides is 1. The molecule has 1 unspecified atom stereocenters. The van der Waals surface area contributed by atoms with E-state index in [2.05, 4.69) is 29.5 Å². The first-order valence-electron chi connectivity index (χ1n) is 7.08. The van der Waals surface area contributed by atoms with Crippen molar-refractivity contribution < 1.29 is 4.74 Å². The minimum Gasteiger partial charge on any atom is -0.383 e. The number of rotatable bonds is 6. The summed E-state index contributed by atoms with van der Waals surface area (Å²) >= 11 is 5.92. The Hall–Kier alpha value is -1.57. The molecule has 0 amide bonds. The van der Waals surface area contributed by atoms with E-state index in [0.29, 0.717) is 30.4 Å². The monoisotopic (exact) mass is 305 g/mol. The second-order valence-electron chi connectivity index (χ2n) is 5.39. The van der Waals surface area contributed by atoms with Gasteiger partial charge in [-0.15, -0.1) is 11.6 Å². The summed E-state index contributed by atoms with van der Waals surface area (Å²) < 4.78 is 7.57. The van der Waals surface area contributed by atoms with Gasteiger partial charge in [-0.05, 0) is 18.1 Å². The van der Waals surface area contributed by atoms with E-state index in [1.807, 2.05) is 12.1 Å². The normalized spacial score (nSPS) is 12.8. The summed E-state index contributed by atoms with van der Waals surface area (Å²) in [7, 11) is 1.70. The van der Waals surface area contributed by atoms with Crippen LogP contribution < -0.4 is 0 Å². The number of hydrogen-bond acceptors (Lipinski definition) is 3. The number of imidazole rings is 1. The molecule has 0 bridgehead atoms. The topological polar surface area (TPSA) is 50.8 Å². The van der Waals surface area contributed by atoms with E-state index < -0.39 is 0 Å². The summed E-state index contributed by atoms with van der Waals surface area (Å²) in [5.74, 6) is 1.81. The highest BCUT2D eigenvalue weighted by molar-refractivity contribution is 6.17. The van der Waals surface area contributed by atoms with Crippen LogP contribution in [0.1, 0.15) is 31.3 Å². The van der Waals surface area contributed by atoms with Gasteiger partial charge in [0.05, 0.1) is 23.7 Å². The van der Waals surface area contributed by atoms with E-state index in [4.69, 9.17) is 16.3 Å². The van der Waals surface area contributed by atoms with Crippen LogP contribution in [0.3, 0.4) is 0 Å². The van der Waals surface area contributed by atoms with Crippen molar-refractivity contribution in [2.24, 2.45) is 5.92 Å². The zero-order valence-corrected chi connectivity index (χ0v) is 13.4. The Morgan fingerprint density at radius 3 is 2.76 bits per heavy atom. The van der Waals surface area contributed by atoms with Crippen LogP contribution >= 0.6 is 11.6 Å². The van der Waals surface area contributed by atoms with Gasteiger partial charge in [0.25, 0.3) is 0 Å². The molecular formula is C16H20ClN3O. The lowest BCUT2D eigenvalue weighted by atomic mass is 10.0. The van der Waals surface area contributed by atoms with Gasteiger partial charge in [-0.3, -0.25) is 0 Å². The molecule has 0 spiro atoms. The highest BCUT2D eigenvalue weighted by Gasteiger charge is 2.22. The number of nitrogens with zero attached hydrogens (tertiary/aromatic N) is 3. The molecule has 0 N–H and O–H groups in total. The fourth-order valence-electron chi connectivity index (χ4n) is 2.62. The molecule has 1 heterocycles. The summed E-state index contributed by atoms with van der Waals surface area (Å²) in [6.45, 7) is 4.93. The first kappa shape index (κ1) is 15.8. The van der Waals surface area contributed by atoms with Crippen LogP contribution in [-0.4, -0.2) is 29.1 Å². The van der Waals surface area contributed by atoms with E-state index in [1.54, 1.807) is 13.2 Å². The lowest BCUT2D eigenvalue weighted by Crippen LogP contribution is -2.22. The summed E-state index contributed by atoms with van der Waals surface area (Å²) in [5, 5.41) is 9.27. The van der Waals surface area contributed by atoms with Crippen molar-refractivity contribution in [3.8, 4) is 6.07 Å². The number of benzene rings is 1. The molecular weight excluding hydrogens is 286 g/mol. The molecule has 5 heteroatoms. The van der Waals surface area contributed by atoms with Gasteiger partial charge < -0.3 is 9.30 Å². The fourth-order valence-corrected chi connectivity index (χ4v) is 2.79. The van der Waals surface area contributed by atoms with E-state index in [9.17, 15) is 5.26 Å². The minimum atomic E-state index is 0.173. The van der Waals surface area contributed by atoms with Crippen LogP contribution in [0.25, 0.3) is 11.0 Å². The summed E-state index contributed by atoms with van der Waals surface area (Å²) in [5.41, 5.74) is 2.33. The second-order valence-corrected chi connectivity index (χ2v) is 5.77. The summed E-state index contributed by atoms with van der Waals surface area (Å²) in [6.07, 6.45) is 0.675. The van der Waals surface area contributed by atoms with Crippen molar-refractivity contribution in [1.29, 1.82) is 5.26 Å². The number of nitriles is 1. The Balaban J connectivity index is 2.69. The molecule has 0 saturated carbocycles. The quantitative estimate of drug-likeness (QED) is 0.767. The van der Waals surface area contributed by atoms with Crippen LogP contribution in [0.4, 0.5) is 0 Å². The zero-order valence-electron chi connectivity index (χ0n) is 12.6. The van der Waals surface area contributed by atoms with Crippen molar-refractivity contribution >= 4 is 22.6 Å². The first-order valence-corrected chi connectivity index (χ1v) is 7.62. The third-order valence-corrected chi connectivity index (χ3v) is 3.86. The van der Waals surface area contributed by atoms with Crippen LogP contribution in [0.5, 0.6) is 0 Å². The van der Waals surface area contributed by atoms with Crippen molar-refractivity contribution in [2.75, 3.05) is 19.6 Å². The van der Waals surface area contributed by atoms with Crippen LogP contribution in [0, 0.1) is 17.2 Å². The van der Waals surface area contributed by atoms with Crippen molar-refractivity contribution in [2.45, 2.75) is 26.3 Å². The van der Waals surface area contributed by atoms with Crippen molar-refractivity contribution in [3.63, 3.8) is 0 Å². The first-order chi connectivity index (χ1) is 10.1. The van der Waals surface area contributed by atoms with Gasteiger partial charge in [-0.2, -0.15) is 5.26 Å². The molecule has 2 aromatic rings. The van der Waals surface area contributed by atoms with Gasteiger partial charge in [0.15, 0.2) is 0 Å². The van der Waals surface area contributed by atoms with Gasteiger partial charge in [0, 0.05) is 19.4 Å². The Kier molecular flexibility index (Phi) is 5.22. The molecule has 112 valence electrons. The van der Waals surface area contributed by atoms with Gasteiger partial charge >= 0.3 is 0 Å². The Bertz CT molecular complexity index is 657. The number of hydrogen-bond donors (Lipinski definition) is 0. The standard InChI is InChI=1S/C16H20ClN3O/c1-11(2)14(10-21-3)20-13-6-4-5-12(9-18)16(13)19-15(20)7-8-17/h4-6,11,14H,7-8,10H2,1-3H3. The zero-order chi connectivity index (χ0) is 15.4. The number of para-hydroxylation sites is 1. The number of fused-ring (bicyclic) bond motifs is 1. The number of ether oxygens (including phenoxy) is 1. The molecule has 0 fully saturated rings. The van der Waals surface area contributed by atoms with E-state index in [-0.39, 0.29) is 6.04 Å². The number of aryl methyl sites for hydroxylation is 1. The van der Waals surface area contributed by atoms with Crippen LogP contribution in [-0.2, 0) is 11.2 Å². The van der Waals surface area contributed by atoms with E-state index in [1.165, 1.54) is 0 Å². The number of methoxy groups -OCH3 is 1. The summed E-state index contributed by atoms with van der Waals surface area (Å²) in [4.78, 5) is 4.66. The second kappa shape index (κ2) is 6.93. The van der Waals surface area contributed by atoms with Gasteiger partial charge in [0.2, 0.25) is 0 Å². The largest absolute Gasteiger partial charge is 0.383 e. The average molecular weight is 306 g/mol. The SMILES string of the molecule is COCC(C(C)C)n1c(CCCl)nc2c(C#N)cccc21. The van der Waals surface area contributed by atoms with Gasteiger partial charge in [-0.1, -0.05) is 19.9 Å². The number of halogens is 1. The molecule has 4 nitrogen and oxygen atoms in total. The Morgan fingerprint density at radius 1 is 1.43 bits per heavy atom. The third kappa shape index (κ3) is 3.04. The molecule has 1 atom stereocenters. The molecule has 2 rings (SSSR count). The molecule has 1 aromatic carbocycles. The predicted molar refractivity (Wildman–Crippen MR) is 84.6 cm³/mol. The molecule has 0 aliphatic carbocycles. The van der Waals surface area contributed by atoms with Crippen LogP contribution in [0.2, 0.25) is 0 Å². The maximum atomic E-state index is 9.27. The fraction of sp³-hybridized carbons (Fsp3) is 0.500. The molecule has 0 aliphatic rings. The smallest absolute Gasteiger partial charge is 0.111 e. The molecule has 0 aliphatic heterocycles. The lowest BCUT2D eigenvalue weighted by Gasteiger charge is -2.24. The Morgan fingerprint density at radius 2 is 2.19 bits per heavy atom. The average Bonchev–Trinajstić information content (AvgIpc) is 2.82.